The van der Waals surface area contributed by atoms with Crippen LogP contribution in [-0.4, -0.2) is 44.8 Å². The highest BCUT2D eigenvalue weighted by Gasteiger charge is 2.22. The molecule has 3 N–H and O–H groups in total. The first kappa shape index (κ1) is 21.5. The lowest BCUT2D eigenvalue weighted by Gasteiger charge is -2.26. The van der Waals surface area contributed by atoms with Gasteiger partial charge >= 0.3 is 0 Å². The van der Waals surface area contributed by atoms with Gasteiger partial charge in [0.05, 0.1) is 24.2 Å². The Morgan fingerprint density at radius 3 is 2.32 bits per heavy atom. The van der Waals surface area contributed by atoms with Gasteiger partial charge in [0.1, 0.15) is 0 Å². The molecule has 1 heterocycles. The summed E-state index contributed by atoms with van der Waals surface area (Å²) in [6.45, 7) is 0.995. The largest absolute Gasteiger partial charge is 0.490 e. The van der Waals surface area contributed by atoms with Crippen molar-refractivity contribution in [1.82, 2.24) is 5.32 Å². The third-order valence-electron chi connectivity index (χ3n) is 5.46. The summed E-state index contributed by atoms with van der Waals surface area (Å²) in [5, 5.41) is 12.5. The number of hydrogen-bond acceptors (Lipinski definition) is 6. The monoisotopic (exact) mass is 446 g/mol. The summed E-state index contributed by atoms with van der Waals surface area (Å²) in [5.41, 5.74) is 0.800. The second kappa shape index (κ2) is 9.15. The van der Waals surface area contributed by atoms with Crippen LogP contribution in [0, 0.1) is 0 Å². The second-order valence-corrected chi connectivity index (χ2v) is 9.50. The number of sulfonamides is 1. The van der Waals surface area contributed by atoms with Gasteiger partial charge in [0.25, 0.3) is 15.9 Å². The molecule has 0 bridgehead atoms. The number of hydrogen-bond donors (Lipinski definition) is 3. The molecule has 1 aliphatic heterocycles. The molecule has 1 saturated carbocycles. The first-order valence-corrected chi connectivity index (χ1v) is 11.9. The number of ether oxygens (including phenoxy) is 2. The van der Waals surface area contributed by atoms with E-state index < -0.39 is 10.0 Å². The molecule has 166 valence electrons. The molecule has 0 radical (unpaired) electrons. The fourth-order valence-corrected chi connectivity index (χ4v) is 4.78. The predicted molar refractivity (Wildman–Crippen MR) is 115 cm³/mol. The second-order valence-electron chi connectivity index (χ2n) is 7.82. The first-order valence-electron chi connectivity index (χ1n) is 10.4. The van der Waals surface area contributed by atoms with Crippen LogP contribution in [0.4, 0.5) is 5.69 Å². The van der Waals surface area contributed by atoms with Crippen molar-refractivity contribution in [3.63, 3.8) is 0 Å². The molecule has 0 atom stereocenters. The minimum atomic E-state index is -3.83. The number of carbonyl (C=O) groups excluding carboxylic acids is 1. The molecule has 0 spiro atoms. The standard InChI is InChI=1S/C22H26N2O6S/c25-18-8-6-16(7-9-18)23-22(26)15-2-4-17(5-3-15)24-31(27,28)19-10-11-20-21(14-19)30-13-1-12-29-20/h2-5,10-11,14,16,18,24-25H,1,6-9,12-13H2,(H,23,26). The third kappa shape index (κ3) is 5.29. The Labute approximate surface area is 181 Å². The number of aliphatic hydroxyl groups is 1. The van der Waals surface area contributed by atoms with E-state index in [1.54, 1.807) is 30.3 Å². The van der Waals surface area contributed by atoms with Gasteiger partial charge in [0.15, 0.2) is 11.5 Å². The van der Waals surface area contributed by atoms with Crippen LogP contribution in [0.25, 0.3) is 0 Å². The molecular formula is C22H26N2O6S. The number of anilines is 1. The van der Waals surface area contributed by atoms with Gasteiger partial charge in [-0.3, -0.25) is 9.52 Å². The topological polar surface area (TPSA) is 114 Å². The van der Waals surface area contributed by atoms with Crippen LogP contribution in [0.1, 0.15) is 42.5 Å². The molecule has 31 heavy (non-hydrogen) atoms. The van der Waals surface area contributed by atoms with E-state index in [0.29, 0.717) is 48.8 Å². The van der Waals surface area contributed by atoms with Gasteiger partial charge in [-0.15, -0.1) is 0 Å². The molecule has 2 aromatic rings. The zero-order valence-electron chi connectivity index (χ0n) is 17.0. The predicted octanol–water partition coefficient (Wildman–Crippen LogP) is 2.68. The number of amides is 1. The maximum atomic E-state index is 12.8. The van der Waals surface area contributed by atoms with Gasteiger partial charge in [-0.25, -0.2) is 8.42 Å². The van der Waals surface area contributed by atoms with Crippen molar-refractivity contribution in [2.24, 2.45) is 0 Å². The quantitative estimate of drug-likeness (QED) is 0.651. The van der Waals surface area contributed by atoms with Crippen molar-refractivity contribution < 1.29 is 27.8 Å². The van der Waals surface area contributed by atoms with Crippen molar-refractivity contribution in [2.75, 3.05) is 17.9 Å². The Hall–Kier alpha value is -2.78. The highest BCUT2D eigenvalue weighted by molar-refractivity contribution is 7.92. The lowest BCUT2D eigenvalue weighted by Crippen LogP contribution is -2.38. The molecule has 4 rings (SSSR count). The zero-order chi connectivity index (χ0) is 21.8. The van der Waals surface area contributed by atoms with Gasteiger partial charge < -0.3 is 19.9 Å². The third-order valence-corrected chi connectivity index (χ3v) is 6.84. The zero-order valence-corrected chi connectivity index (χ0v) is 17.9. The summed E-state index contributed by atoms with van der Waals surface area (Å²) in [5.74, 6) is 0.723. The van der Waals surface area contributed by atoms with Crippen LogP contribution in [0.5, 0.6) is 11.5 Å². The molecular weight excluding hydrogens is 420 g/mol. The molecule has 1 amide bonds. The Morgan fingerprint density at radius 2 is 1.61 bits per heavy atom. The maximum absolute atomic E-state index is 12.8. The first-order chi connectivity index (χ1) is 14.9. The highest BCUT2D eigenvalue weighted by atomic mass is 32.2. The van der Waals surface area contributed by atoms with E-state index in [9.17, 15) is 18.3 Å². The van der Waals surface area contributed by atoms with Gasteiger partial charge in [-0.05, 0) is 62.1 Å². The Morgan fingerprint density at radius 1 is 0.935 bits per heavy atom. The molecule has 1 aliphatic carbocycles. The van der Waals surface area contributed by atoms with Crippen LogP contribution >= 0.6 is 0 Å². The van der Waals surface area contributed by atoms with Crippen molar-refractivity contribution in [2.45, 2.75) is 49.1 Å². The molecule has 0 aromatic heterocycles. The van der Waals surface area contributed by atoms with Gasteiger partial charge in [-0.2, -0.15) is 0 Å². The van der Waals surface area contributed by atoms with Gasteiger partial charge in [0, 0.05) is 29.8 Å². The van der Waals surface area contributed by atoms with Crippen molar-refractivity contribution in [1.29, 1.82) is 0 Å². The van der Waals surface area contributed by atoms with E-state index in [1.165, 1.54) is 12.1 Å². The molecule has 0 saturated heterocycles. The number of benzene rings is 2. The number of rotatable bonds is 5. The molecule has 8 nitrogen and oxygen atoms in total. The summed E-state index contributed by atoms with van der Waals surface area (Å²) in [4.78, 5) is 12.5. The van der Waals surface area contributed by atoms with Crippen LogP contribution in [0.15, 0.2) is 47.4 Å². The summed E-state index contributed by atoms with van der Waals surface area (Å²) in [7, 11) is -3.83. The average molecular weight is 447 g/mol. The fourth-order valence-electron chi connectivity index (χ4n) is 3.70. The fraction of sp³-hybridized carbons (Fsp3) is 0.409. The lowest BCUT2D eigenvalue weighted by molar-refractivity contribution is 0.0867. The van der Waals surface area contributed by atoms with E-state index in [-0.39, 0.29) is 22.9 Å². The van der Waals surface area contributed by atoms with E-state index in [2.05, 4.69) is 10.0 Å². The minimum absolute atomic E-state index is 0.0495. The Kier molecular flexibility index (Phi) is 6.33. The summed E-state index contributed by atoms with van der Waals surface area (Å²) in [6, 6.07) is 10.8. The lowest BCUT2D eigenvalue weighted by atomic mass is 9.93. The normalized spacial score (nSPS) is 21.1. The molecule has 2 aliphatic rings. The van der Waals surface area contributed by atoms with Gasteiger partial charge in [0.2, 0.25) is 0 Å². The SMILES string of the molecule is O=C(NC1CCC(O)CC1)c1ccc(NS(=O)(=O)c2ccc3c(c2)OCCCO3)cc1. The summed E-state index contributed by atoms with van der Waals surface area (Å²) < 4.78 is 39.2. The minimum Gasteiger partial charge on any atom is -0.490 e. The number of fused-ring (bicyclic) bond motifs is 1. The van der Waals surface area contributed by atoms with E-state index in [0.717, 1.165) is 19.3 Å². The van der Waals surface area contributed by atoms with Crippen LogP contribution in [-0.2, 0) is 10.0 Å². The number of aliphatic hydroxyl groups excluding tert-OH is 1. The van der Waals surface area contributed by atoms with E-state index in [4.69, 9.17) is 9.47 Å². The molecule has 1 fully saturated rings. The van der Waals surface area contributed by atoms with Crippen molar-refractivity contribution in [3.05, 3.63) is 48.0 Å². The molecule has 0 unspecified atom stereocenters. The average Bonchev–Trinajstić information content (AvgIpc) is 3.00. The molecule has 2 aromatic carbocycles. The summed E-state index contributed by atoms with van der Waals surface area (Å²) in [6.07, 6.45) is 3.33. The smallest absolute Gasteiger partial charge is 0.262 e. The highest BCUT2D eigenvalue weighted by Crippen LogP contribution is 2.32. The molecule has 9 heteroatoms. The van der Waals surface area contributed by atoms with Crippen LogP contribution in [0.2, 0.25) is 0 Å². The number of carbonyl (C=O) groups is 1. The van der Waals surface area contributed by atoms with Crippen LogP contribution in [0.3, 0.4) is 0 Å². The van der Waals surface area contributed by atoms with Gasteiger partial charge in [-0.1, -0.05) is 0 Å². The van der Waals surface area contributed by atoms with Crippen molar-refractivity contribution in [3.8, 4) is 11.5 Å². The maximum Gasteiger partial charge on any atom is 0.262 e. The number of nitrogens with one attached hydrogen (secondary N) is 2. The Bertz CT molecular complexity index is 1030. The summed E-state index contributed by atoms with van der Waals surface area (Å²) >= 11 is 0. The Balaban J connectivity index is 1.41. The van der Waals surface area contributed by atoms with Crippen LogP contribution < -0.4 is 19.5 Å². The van der Waals surface area contributed by atoms with Crippen molar-refractivity contribution >= 4 is 21.6 Å². The van der Waals surface area contributed by atoms with E-state index in [1.807, 2.05) is 0 Å². The van der Waals surface area contributed by atoms with E-state index >= 15 is 0 Å².